The SMILES string of the molecule is O=C(c1sccc1-n1cnnn1)N1CCC[C@@H](N2CCCC2)C1. The molecule has 1 atom stereocenters. The molecule has 2 aliphatic rings. The Bertz CT molecular complexity index is 663. The minimum atomic E-state index is 0.106. The molecule has 2 aromatic heterocycles. The van der Waals surface area contributed by atoms with E-state index in [1.807, 2.05) is 16.3 Å². The van der Waals surface area contributed by atoms with Gasteiger partial charge in [-0.05, 0) is 60.6 Å². The fourth-order valence-corrected chi connectivity index (χ4v) is 4.45. The first-order valence-electron chi connectivity index (χ1n) is 8.17. The molecule has 4 rings (SSSR count). The van der Waals surface area contributed by atoms with Crippen molar-refractivity contribution < 1.29 is 4.79 Å². The number of piperidine rings is 1. The number of hydrogen-bond acceptors (Lipinski definition) is 6. The molecule has 2 aliphatic heterocycles. The zero-order chi connectivity index (χ0) is 15.6. The quantitative estimate of drug-likeness (QED) is 0.850. The lowest BCUT2D eigenvalue weighted by molar-refractivity contribution is 0.0612. The highest BCUT2D eigenvalue weighted by molar-refractivity contribution is 7.12. The summed E-state index contributed by atoms with van der Waals surface area (Å²) in [5, 5.41) is 13.2. The van der Waals surface area contributed by atoms with E-state index in [0.717, 1.165) is 30.1 Å². The van der Waals surface area contributed by atoms with Gasteiger partial charge in [0, 0.05) is 19.1 Å². The molecule has 0 aliphatic carbocycles. The molecule has 0 bridgehead atoms. The third-order valence-corrected chi connectivity index (χ3v) is 5.67. The molecular formula is C15H20N6OS. The fourth-order valence-electron chi connectivity index (χ4n) is 3.60. The molecule has 2 aromatic rings. The topological polar surface area (TPSA) is 67.2 Å². The van der Waals surface area contributed by atoms with Gasteiger partial charge >= 0.3 is 0 Å². The van der Waals surface area contributed by atoms with Crippen molar-refractivity contribution in [1.29, 1.82) is 0 Å². The van der Waals surface area contributed by atoms with Crippen LogP contribution in [0.25, 0.3) is 5.69 Å². The maximum atomic E-state index is 13.0. The number of hydrogen-bond donors (Lipinski definition) is 0. The summed E-state index contributed by atoms with van der Waals surface area (Å²) in [5.74, 6) is 0.106. The lowest BCUT2D eigenvalue weighted by Gasteiger charge is -2.37. The third-order valence-electron chi connectivity index (χ3n) is 4.78. The van der Waals surface area contributed by atoms with Gasteiger partial charge in [-0.3, -0.25) is 9.69 Å². The summed E-state index contributed by atoms with van der Waals surface area (Å²) in [6, 6.07) is 2.42. The van der Waals surface area contributed by atoms with E-state index in [1.165, 1.54) is 50.0 Å². The second-order valence-corrected chi connectivity index (χ2v) is 7.10. The molecule has 4 heterocycles. The maximum absolute atomic E-state index is 13.0. The van der Waals surface area contributed by atoms with Crippen molar-refractivity contribution in [1.82, 2.24) is 30.0 Å². The van der Waals surface area contributed by atoms with Crippen molar-refractivity contribution in [3.05, 3.63) is 22.7 Å². The maximum Gasteiger partial charge on any atom is 0.266 e. The number of tetrazole rings is 1. The second-order valence-electron chi connectivity index (χ2n) is 6.18. The van der Waals surface area contributed by atoms with Crippen LogP contribution in [0, 0.1) is 0 Å². The number of nitrogens with zero attached hydrogens (tertiary/aromatic N) is 6. The largest absolute Gasteiger partial charge is 0.336 e. The number of carbonyl (C=O) groups is 1. The molecule has 0 saturated carbocycles. The van der Waals surface area contributed by atoms with Crippen molar-refractivity contribution in [2.24, 2.45) is 0 Å². The van der Waals surface area contributed by atoms with Crippen LogP contribution in [-0.4, -0.2) is 68.1 Å². The van der Waals surface area contributed by atoms with Crippen LogP contribution in [0.2, 0.25) is 0 Å². The van der Waals surface area contributed by atoms with Gasteiger partial charge in [-0.2, -0.15) is 4.68 Å². The Hall–Kier alpha value is -1.80. The smallest absolute Gasteiger partial charge is 0.266 e. The summed E-state index contributed by atoms with van der Waals surface area (Å²) in [7, 11) is 0. The molecule has 122 valence electrons. The van der Waals surface area contributed by atoms with Crippen molar-refractivity contribution in [3.63, 3.8) is 0 Å². The predicted octanol–water partition coefficient (Wildman–Crippen LogP) is 1.42. The van der Waals surface area contributed by atoms with E-state index in [0.29, 0.717) is 6.04 Å². The molecule has 7 nitrogen and oxygen atoms in total. The van der Waals surface area contributed by atoms with Gasteiger partial charge in [0.15, 0.2) is 0 Å². The Morgan fingerprint density at radius 3 is 2.87 bits per heavy atom. The average molecular weight is 332 g/mol. The second kappa shape index (κ2) is 6.37. The molecule has 0 unspecified atom stereocenters. The molecular weight excluding hydrogens is 312 g/mol. The first-order chi connectivity index (χ1) is 11.3. The third kappa shape index (κ3) is 2.88. The lowest BCUT2D eigenvalue weighted by atomic mass is 10.0. The van der Waals surface area contributed by atoms with Gasteiger partial charge in [-0.1, -0.05) is 0 Å². The van der Waals surface area contributed by atoms with Crippen molar-refractivity contribution >= 4 is 17.2 Å². The van der Waals surface area contributed by atoms with Crippen LogP contribution >= 0.6 is 11.3 Å². The summed E-state index contributed by atoms with van der Waals surface area (Å²) >= 11 is 1.46. The number of thiophene rings is 1. The number of likely N-dealkylation sites (tertiary alicyclic amines) is 2. The van der Waals surface area contributed by atoms with Gasteiger partial charge in [0.2, 0.25) is 0 Å². The van der Waals surface area contributed by atoms with Crippen molar-refractivity contribution in [2.75, 3.05) is 26.2 Å². The minimum absolute atomic E-state index is 0.106. The summed E-state index contributed by atoms with van der Waals surface area (Å²) in [6.45, 7) is 4.05. The zero-order valence-corrected chi connectivity index (χ0v) is 13.8. The van der Waals surface area contributed by atoms with Gasteiger partial charge in [0.1, 0.15) is 11.2 Å². The number of carbonyl (C=O) groups excluding carboxylic acids is 1. The van der Waals surface area contributed by atoms with Gasteiger partial charge in [-0.15, -0.1) is 16.4 Å². The Morgan fingerprint density at radius 2 is 2.09 bits per heavy atom. The van der Waals surface area contributed by atoms with Crippen LogP contribution in [0.1, 0.15) is 35.4 Å². The van der Waals surface area contributed by atoms with E-state index < -0.39 is 0 Å². The number of amides is 1. The van der Waals surface area contributed by atoms with Crippen LogP contribution in [0.4, 0.5) is 0 Å². The van der Waals surface area contributed by atoms with Crippen molar-refractivity contribution in [2.45, 2.75) is 31.7 Å². The molecule has 1 amide bonds. The van der Waals surface area contributed by atoms with Crippen LogP contribution in [0.5, 0.6) is 0 Å². The normalized spacial score (nSPS) is 22.6. The molecule has 2 fully saturated rings. The van der Waals surface area contributed by atoms with E-state index in [2.05, 4.69) is 20.4 Å². The highest BCUT2D eigenvalue weighted by atomic mass is 32.1. The first-order valence-corrected chi connectivity index (χ1v) is 9.05. The van der Waals surface area contributed by atoms with E-state index in [-0.39, 0.29) is 5.91 Å². The van der Waals surface area contributed by atoms with E-state index in [9.17, 15) is 4.79 Å². The fraction of sp³-hybridized carbons (Fsp3) is 0.600. The highest BCUT2D eigenvalue weighted by Crippen LogP contribution is 2.26. The van der Waals surface area contributed by atoms with Gasteiger partial charge < -0.3 is 4.90 Å². The standard InChI is InChI=1S/C15H20N6OS/c22-15(14-13(5-9-23-14)21-11-16-17-18-21)20-8-3-4-12(10-20)19-6-1-2-7-19/h5,9,11-12H,1-4,6-8,10H2/t12-/m1/s1. The summed E-state index contributed by atoms with van der Waals surface area (Å²) < 4.78 is 1.56. The van der Waals surface area contributed by atoms with E-state index in [1.54, 1.807) is 4.68 Å². The summed E-state index contributed by atoms with van der Waals surface area (Å²) in [5.41, 5.74) is 0.772. The molecule has 0 aromatic carbocycles. The molecule has 0 spiro atoms. The van der Waals surface area contributed by atoms with E-state index in [4.69, 9.17) is 0 Å². The zero-order valence-electron chi connectivity index (χ0n) is 13.0. The molecule has 0 N–H and O–H groups in total. The predicted molar refractivity (Wildman–Crippen MR) is 86.8 cm³/mol. The Morgan fingerprint density at radius 1 is 1.22 bits per heavy atom. The number of rotatable bonds is 3. The van der Waals surface area contributed by atoms with Crippen LogP contribution in [0.3, 0.4) is 0 Å². The number of aromatic nitrogens is 4. The van der Waals surface area contributed by atoms with Gasteiger partial charge in [-0.25, -0.2) is 0 Å². The molecule has 23 heavy (non-hydrogen) atoms. The first kappa shape index (κ1) is 14.8. The van der Waals surface area contributed by atoms with Crippen molar-refractivity contribution in [3.8, 4) is 5.69 Å². The Balaban J connectivity index is 1.51. The molecule has 2 saturated heterocycles. The van der Waals surface area contributed by atoms with E-state index >= 15 is 0 Å². The minimum Gasteiger partial charge on any atom is -0.336 e. The Kier molecular flexibility index (Phi) is 4.09. The van der Waals surface area contributed by atoms with Gasteiger partial charge in [0.05, 0.1) is 5.69 Å². The van der Waals surface area contributed by atoms with Gasteiger partial charge in [0.25, 0.3) is 5.91 Å². The van der Waals surface area contributed by atoms with Crippen LogP contribution < -0.4 is 0 Å². The summed E-state index contributed by atoms with van der Waals surface area (Å²) in [6.07, 6.45) is 6.40. The Labute approximate surface area is 138 Å². The van der Waals surface area contributed by atoms with Crippen LogP contribution in [-0.2, 0) is 0 Å². The monoisotopic (exact) mass is 332 g/mol. The molecule has 0 radical (unpaired) electrons. The lowest BCUT2D eigenvalue weighted by Crippen LogP contribution is -2.48. The summed E-state index contributed by atoms with van der Waals surface area (Å²) in [4.78, 5) is 18.3. The van der Waals surface area contributed by atoms with Crippen LogP contribution in [0.15, 0.2) is 17.8 Å². The molecule has 8 heteroatoms. The highest BCUT2D eigenvalue weighted by Gasteiger charge is 2.31. The average Bonchev–Trinajstić information content (AvgIpc) is 3.35.